The summed E-state index contributed by atoms with van der Waals surface area (Å²) >= 11 is 0. The second-order valence-electron chi connectivity index (χ2n) is 4.96. The molecule has 1 unspecified atom stereocenters. The van der Waals surface area contributed by atoms with Crippen LogP contribution >= 0.6 is 0 Å². The van der Waals surface area contributed by atoms with E-state index in [1.807, 2.05) is 12.1 Å². The summed E-state index contributed by atoms with van der Waals surface area (Å²) in [5.74, 6) is 0.292. The van der Waals surface area contributed by atoms with Crippen molar-refractivity contribution in [2.75, 3.05) is 6.54 Å². The van der Waals surface area contributed by atoms with Crippen LogP contribution in [-0.4, -0.2) is 28.4 Å². The van der Waals surface area contributed by atoms with Crippen molar-refractivity contribution in [1.29, 1.82) is 0 Å². The molecule has 3 N–H and O–H groups in total. The van der Waals surface area contributed by atoms with Crippen molar-refractivity contribution in [2.24, 2.45) is 0 Å². The zero-order chi connectivity index (χ0) is 12.2. The van der Waals surface area contributed by atoms with Gasteiger partial charge in [0.25, 0.3) is 0 Å². The van der Waals surface area contributed by atoms with Crippen molar-refractivity contribution in [3.05, 3.63) is 29.8 Å². The summed E-state index contributed by atoms with van der Waals surface area (Å²) in [5.41, 5.74) is 0.497. The Morgan fingerprint density at radius 1 is 1.25 bits per heavy atom. The Kier molecular flexibility index (Phi) is 4.33. The van der Waals surface area contributed by atoms with Crippen molar-refractivity contribution >= 4 is 0 Å². The van der Waals surface area contributed by atoms with Gasteiger partial charge in [0.2, 0.25) is 0 Å². The van der Waals surface area contributed by atoms with E-state index in [-0.39, 0.29) is 0 Å². The van der Waals surface area contributed by atoms with E-state index in [0.717, 1.165) is 6.42 Å². The largest absolute Gasteiger partial charge is 0.508 e. The second-order valence-corrected chi connectivity index (χ2v) is 4.96. The molecule has 3 heteroatoms. The van der Waals surface area contributed by atoms with E-state index in [2.05, 4.69) is 12.2 Å². The molecule has 0 saturated carbocycles. The standard InChI is InChI=1S/C13H21NO2/c1-10(14-9-13(2,3)16)8-11-4-6-12(15)7-5-11/h4-7,10,14-16H,8-9H2,1-3H3. The van der Waals surface area contributed by atoms with Crippen LogP contribution in [0.3, 0.4) is 0 Å². The minimum atomic E-state index is -0.677. The molecule has 0 fully saturated rings. The van der Waals surface area contributed by atoms with E-state index in [9.17, 15) is 5.11 Å². The van der Waals surface area contributed by atoms with Crippen LogP contribution in [0.4, 0.5) is 0 Å². The molecule has 0 aliphatic carbocycles. The molecule has 1 rings (SSSR count). The van der Waals surface area contributed by atoms with Gasteiger partial charge in [0.15, 0.2) is 0 Å². The molecule has 0 aliphatic rings. The number of hydrogen-bond acceptors (Lipinski definition) is 3. The Morgan fingerprint density at radius 2 is 1.81 bits per heavy atom. The molecular formula is C13H21NO2. The fourth-order valence-electron chi connectivity index (χ4n) is 1.48. The number of aliphatic hydroxyl groups is 1. The molecule has 1 atom stereocenters. The van der Waals surface area contributed by atoms with Gasteiger partial charge in [-0.05, 0) is 44.9 Å². The van der Waals surface area contributed by atoms with Gasteiger partial charge < -0.3 is 15.5 Å². The van der Waals surface area contributed by atoms with E-state index < -0.39 is 5.60 Å². The third-order valence-electron chi connectivity index (χ3n) is 2.36. The van der Waals surface area contributed by atoms with Gasteiger partial charge in [0, 0.05) is 12.6 Å². The highest BCUT2D eigenvalue weighted by atomic mass is 16.3. The quantitative estimate of drug-likeness (QED) is 0.712. The molecular weight excluding hydrogens is 202 g/mol. The predicted octanol–water partition coefficient (Wildman–Crippen LogP) is 1.68. The molecule has 0 aliphatic heterocycles. The lowest BCUT2D eigenvalue weighted by molar-refractivity contribution is 0.0770. The average Bonchev–Trinajstić information content (AvgIpc) is 2.18. The number of phenolic OH excluding ortho intramolecular Hbond substituents is 1. The van der Waals surface area contributed by atoms with Gasteiger partial charge >= 0.3 is 0 Å². The van der Waals surface area contributed by atoms with Crippen LogP contribution in [0.2, 0.25) is 0 Å². The van der Waals surface area contributed by atoms with E-state index in [4.69, 9.17) is 5.11 Å². The maximum absolute atomic E-state index is 9.57. The van der Waals surface area contributed by atoms with Gasteiger partial charge in [-0.2, -0.15) is 0 Å². The highest BCUT2D eigenvalue weighted by molar-refractivity contribution is 5.26. The summed E-state index contributed by atoms with van der Waals surface area (Å²) in [6.07, 6.45) is 0.885. The maximum Gasteiger partial charge on any atom is 0.115 e. The van der Waals surface area contributed by atoms with Crippen LogP contribution in [0.25, 0.3) is 0 Å². The smallest absolute Gasteiger partial charge is 0.115 e. The van der Waals surface area contributed by atoms with E-state index >= 15 is 0 Å². The molecule has 0 saturated heterocycles. The summed E-state index contributed by atoms with van der Waals surface area (Å²) in [4.78, 5) is 0. The Balaban J connectivity index is 2.39. The topological polar surface area (TPSA) is 52.5 Å². The average molecular weight is 223 g/mol. The molecule has 3 nitrogen and oxygen atoms in total. The number of benzene rings is 1. The van der Waals surface area contributed by atoms with E-state index in [0.29, 0.717) is 18.3 Å². The fraction of sp³-hybridized carbons (Fsp3) is 0.538. The number of nitrogens with one attached hydrogen (secondary N) is 1. The number of rotatable bonds is 5. The van der Waals surface area contributed by atoms with Gasteiger partial charge in [0.05, 0.1) is 5.60 Å². The molecule has 0 heterocycles. The third-order valence-corrected chi connectivity index (χ3v) is 2.36. The second kappa shape index (κ2) is 5.32. The van der Waals surface area contributed by atoms with Crippen LogP contribution in [-0.2, 0) is 6.42 Å². The number of aromatic hydroxyl groups is 1. The Hall–Kier alpha value is -1.06. The van der Waals surface area contributed by atoms with Crippen molar-refractivity contribution in [3.63, 3.8) is 0 Å². The van der Waals surface area contributed by atoms with Gasteiger partial charge in [-0.1, -0.05) is 12.1 Å². The molecule has 0 radical (unpaired) electrons. The normalized spacial score (nSPS) is 13.8. The molecule has 1 aromatic rings. The summed E-state index contributed by atoms with van der Waals surface area (Å²) in [6.45, 7) is 6.23. The van der Waals surface area contributed by atoms with E-state index in [1.165, 1.54) is 5.56 Å². The Bertz CT molecular complexity index is 314. The molecule has 90 valence electrons. The monoisotopic (exact) mass is 223 g/mol. The molecule has 0 aromatic heterocycles. The predicted molar refractivity (Wildman–Crippen MR) is 65.6 cm³/mol. The first-order valence-electron chi connectivity index (χ1n) is 5.60. The van der Waals surface area contributed by atoms with Crippen LogP contribution < -0.4 is 5.32 Å². The third kappa shape index (κ3) is 5.14. The lowest BCUT2D eigenvalue weighted by atomic mass is 10.1. The van der Waals surface area contributed by atoms with Crippen LogP contribution in [0, 0.1) is 0 Å². The Labute approximate surface area is 97.1 Å². The summed E-state index contributed by atoms with van der Waals surface area (Å²) in [5, 5.41) is 22.0. The molecule has 16 heavy (non-hydrogen) atoms. The highest BCUT2D eigenvalue weighted by Gasteiger charge is 2.13. The van der Waals surface area contributed by atoms with Gasteiger partial charge in [-0.25, -0.2) is 0 Å². The molecule has 0 amide bonds. The minimum Gasteiger partial charge on any atom is -0.508 e. The van der Waals surface area contributed by atoms with Crippen molar-refractivity contribution in [3.8, 4) is 5.75 Å². The fourth-order valence-corrected chi connectivity index (χ4v) is 1.48. The van der Waals surface area contributed by atoms with Crippen molar-refractivity contribution < 1.29 is 10.2 Å². The van der Waals surface area contributed by atoms with Crippen LogP contribution in [0.5, 0.6) is 5.75 Å². The van der Waals surface area contributed by atoms with Crippen LogP contribution in [0.1, 0.15) is 26.3 Å². The molecule has 0 spiro atoms. The van der Waals surface area contributed by atoms with Crippen molar-refractivity contribution in [2.45, 2.75) is 38.8 Å². The zero-order valence-electron chi connectivity index (χ0n) is 10.2. The SMILES string of the molecule is CC(Cc1ccc(O)cc1)NCC(C)(C)O. The first-order chi connectivity index (χ1) is 7.37. The molecule has 1 aromatic carbocycles. The molecule has 0 bridgehead atoms. The first-order valence-corrected chi connectivity index (χ1v) is 5.60. The number of phenols is 1. The van der Waals surface area contributed by atoms with Gasteiger partial charge in [-0.3, -0.25) is 0 Å². The zero-order valence-corrected chi connectivity index (χ0v) is 10.2. The lowest BCUT2D eigenvalue weighted by Crippen LogP contribution is -2.40. The van der Waals surface area contributed by atoms with Gasteiger partial charge in [-0.15, -0.1) is 0 Å². The first kappa shape index (κ1) is 13.0. The number of hydrogen-bond donors (Lipinski definition) is 3. The van der Waals surface area contributed by atoms with E-state index in [1.54, 1.807) is 26.0 Å². The summed E-state index contributed by atoms with van der Waals surface area (Å²) < 4.78 is 0. The highest BCUT2D eigenvalue weighted by Crippen LogP contribution is 2.11. The lowest BCUT2D eigenvalue weighted by Gasteiger charge is -2.21. The van der Waals surface area contributed by atoms with Crippen molar-refractivity contribution in [1.82, 2.24) is 5.32 Å². The van der Waals surface area contributed by atoms with Crippen LogP contribution in [0.15, 0.2) is 24.3 Å². The summed E-state index contributed by atoms with van der Waals surface area (Å²) in [6, 6.07) is 7.52. The van der Waals surface area contributed by atoms with Gasteiger partial charge in [0.1, 0.15) is 5.75 Å². The Morgan fingerprint density at radius 3 is 2.31 bits per heavy atom. The minimum absolute atomic E-state index is 0.292. The maximum atomic E-state index is 9.57. The summed E-state index contributed by atoms with van der Waals surface area (Å²) in [7, 11) is 0.